The molecule has 0 atom stereocenters. The fraction of sp³-hybridized carbons (Fsp3) is 0. The third kappa shape index (κ3) is 3.94. The lowest BCUT2D eigenvalue weighted by Crippen LogP contribution is -2.30. The normalized spacial score (nSPS) is 10.6. The van der Waals surface area contributed by atoms with E-state index in [4.69, 9.17) is 28.9 Å². The number of benzene rings is 3. The van der Waals surface area contributed by atoms with Crippen LogP contribution in [0.2, 0.25) is 10.0 Å². The van der Waals surface area contributed by atoms with Gasteiger partial charge in [-0.3, -0.25) is 15.6 Å². The molecule has 0 saturated heterocycles. The van der Waals surface area contributed by atoms with Crippen LogP contribution in [0.15, 0.2) is 67.0 Å². The molecule has 0 bridgehead atoms. The topological polar surface area (TPSA) is 105 Å². The zero-order valence-corrected chi connectivity index (χ0v) is 17.0. The van der Waals surface area contributed by atoms with E-state index in [2.05, 4.69) is 26.1 Å². The molecular formula is C21H16Cl2N6O. The third-order valence-corrected chi connectivity index (χ3v) is 5.24. The molecule has 1 aromatic heterocycles. The number of nitrogens with two attached hydrogens (primary N) is 1. The molecule has 0 unspecified atom stereocenters. The summed E-state index contributed by atoms with van der Waals surface area (Å²) >= 11 is 12.2. The number of hydrogen-bond acceptors (Lipinski definition) is 6. The first-order valence-corrected chi connectivity index (χ1v) is 9.66. The van der Waals surface area contributed by atoms with Crippen molar-refractivity contribution in [1.82, 2.24) is 15.4 Å². The number of rotatable bonds is 5. The van der Waals surface area contributed by atoms with Crippen LogP contribution in [-0.4, -0.2) is 15.9 Å². The van der Waals surface area contributed by atoms with Crippen molar-refractivity contribution in [3.63, 3.8) is 0 Å². The van der Waals surface area contributed by atoms with Crippen molar-refractivity contribution in [3.05, 3.63) is 82.6 Å². The predicted molar refractivity (Wildman–Crippen MR) is 121 cm³/mol. The van der Waals surface area contributed by atoms with E-state index in [1.807, 2.05) is 36.4 Å². The quantitative estimate of drug-likeness (QED) is 0.326. The van der Waals surface area contributed by atoms with Crippen LogP contribution in [-0.2, 0) is 0 Å². The number of nitrogens with one attached hydrogen (secondary N) is 3. The Morgan fingerprint density at radius 3 is 2.50 bits per heavy atom. The van der Waals surface area contributed by atoms with Gasteiger partial charge in [-0.05, 0) is 29.0 Å². The van der Waals surface area contributed by atoms with Gasteiger partial charge in [0.2, 0.25) is 0 Å². The number of aromatic nitrogens is 2. The Morgan fingerprint density at radius 1 is 0.900 bits per heavy atom. The minimum atomic E-state index is -0.322. The highest BCUT2D eigenvalue weighted by Crippen LogP contribution is 2.33. The molecule has 0 fully saturated rings. The molecule has 0 aliphatic heterocycles. The van der Waals surface area contributed by atoms with E-state index >= 15 is 0 Å². The van der Waals surface area contributed by atoms with Crippen molar-refractivity contribution in [2.75, 3.05) is 16.5 Å². The highest BCUT2D eigenvalue weighted by molar-refractivity contribution is 6.43. The lowest BCUT2D eigenvalue weighted by Gasteiger charge is -2.14. The third-order valence-electron chi connectivity index (χ3n) is 4.42. The van der Waals surface area contributed by atoms with Gasteiger partial charge in [0.05, 0.1) is 15.7 Å². The summed E-state index contributed by atoms with van der Waals surface area (Å²) in [6.07, 6.45) is 1.31. The summed E-state index contributed by atoms with van der Waals surface area (Å²) in [5.74, 6) is 0.229. The summed E-state index contributed by atoms with van der Waals surface area (Å²) in [5.41, 5.74) is 12.8. The zero-order chi connectivity index (χ0) is 21.1. The van der Waals surface area contributed by atoms with E-state index in [9.17, 15) is 4.79 Å². The monoisotopic (exact) mass is 438 g/mol. The minimum Gasteiger partial charge on any atom is -0.393 e. The summed E-state index contributed by atoms with van der Waals surface area (Å²) in [7, 11) is 0. The Kier molecular flexibility index (Phi) is 5.56. The molecule has 1 heterocycles. The lowest BCUT2D eigenvalue weighted by molar-refractivity contribution is 0.0964. The van der Waals surface area contributed by atoms with Crippen molar-refractivity contribution in [2.45, 2.75) is 0 Å². The first-order valence-electron chi connectivity index (χ1n) is 8.90. The second-order valence-electron chi connectivity index (χ2n) is 6.32. The lowest BCUT2D eigenvalue weighted by atomic mass is 10.0. The first-order chi connectivity index (χ1) is 14.5. The smallest absolute Gasteiger partial charge is 0.270 e. The van der Waals surface area contributed by atoms with Gasteiger partial charge in [0, 0.05) is 5.56 Å². The number of anilines is 4. The van der Waals surface area contributed by atoms with Gasteiger partial charge in [-0.25, -0.2) is 9.97 Å². The number of carbonyl (C=O) groups is 1. The molecule has 4 aromatic rings. The highest BCUT2D eigenvalue weighted by atomic mass is 35.5. The fourth-order valence-electron chi connectivity index (χ4n) is 2.93. The van der Waals surface area contributed by atoms with Crippen LogP contribution in [0, 0.1) is 0 Å². The minimum absolute atomic E-state index is 0.201. The molecule has 5 N–H and O–H groups in total. The summed E-state index contributed by atoms with van der Waals surface area (Å²) < 4.78 is 0. The van der Waals surface area contributed by atoms with Crippen molar-refractivity contribution in [1.29, 1.82) is 0 Å². The zero-order valence-electron chi connectivity index (χ0n) is 15.5. The largest absolute Gasteiger partial charge is 0.393 e. The van der Waals surface area contributed by atoms with Crippen molar-refractivity contribution < 1.29 is 4.79 Å². The number of amides is 1. The maximum absolute atomic E-state index is 12.7. The molecular weight excluding hydrogens is 423 g/mol. The molecule has 9 heteroatoms. The molecule has 0 aliphatic carbocycles. The van der Waals surface area contributed by atoms with E-state index < -0.39 is 0 Å². The number of nitrogens with zero attached hydrogens (tertiary/aromatic N) is 2. The van der Waals surface area contributed by atoms with Crippen LogP contribution in [0.1, 0.15) is 10.4 Å². The molecule has 4 rings (SSSR count). The van der Waals surface area contributed by atoms with Crippen molar-refractivity contribution in [3.8, 4) is 0 Å². The molecule has 3 aromatic carbocycles. The summed E-state index contributed by atoms with van der Waals surface area (Å²) in [6.45, 7) is 0. The van der Waals surface area contributed by atoms with Crippen LogP contribution < -0.4 is 21.9 Å². The van der Waals surface area contributed by atoms with E-state index in [0.29, 0.717) is 27.1 Å². The molecule has 30 heavy (non-hydrogen) atoms. The second-order valence-corrected chi connectivity index (χ2v) is 7.10. The van der Waals surface area contributed by atoms with Gasteiger partial charge in [0.25, 0.3) is 5.91 Å². The van der Waals surface area contributed by atoms with E-state index in [-0.39, 0.29) is 17.4 Å². The molecule has 7 nitrogen and oxygen atoms in total. The molecule has 0 saturated carbocycles. The van der Waals surface area contributed by atoms with Crippen LogP contribution in [0.5, 0.6) is 0 Å². The number of carbonyl (C=O) groups excluding carboxylic acids is 1. The molecule has 1 amide bonds. The van der Waals surface area contributed by atoms with Gasteiger partial charge in [0.1, 0.15) is 12.0 Å². The van der Waals surface area contributed by atoms with Gasteiger partial charge in [-0.1, -0.05) is 65.7 Å². The summed E-state index contributed by atoms with van der Waals surface area (Å²) in [4.78, 5) is 20.9. The molecule has 0 spiro atoms. The summed E-state index contributed by atoms with van der Waals surface area (Å²) in [6, 6.07) is 18.3. The average molecular weight is 439 g/mol. The standard InChI is InChI=1S/C21H16Cl2N6O/c22-15-9-4-10-16(17(15)23)27-19-18(24)20(26-11-25-19)28-29-21(30)14-8-3-6-12-5-1-2-7-13(12)14/h1-11H,24H2,(H,29,30)(H2,25,26,27,28). The van der Waals surface area contributed by atoms with E-state index in [0.717, 1.165) is 10.8 Å². The first kappa shape index (κ1) is 19.8. The van der Waals surface area contributed by atoms with Crippen LogP contribution in [0.25, 0.3) is 10.8 Å². The molecule has 0 aliphatic rings. The van der Waals surface area contributed by atoms with Gasteiger partial charge in [-0.2, -0.15) is 0 Å². The number of fused-ring (bicyclic) bond motifs is 1. The van der Waals surface area contributed by atoms with Crippen molar-refractivity contribution >= 4 is 62.9 Å². The van der Waals surface area contributed by atoms with Crippen LogP contribution in [0.3, 0.4) is 0 Å². The maximum atomic E-state index is 12.7. The average Bonchev–Trinajstić information content (AvgIpc) is 2.76. The summed E-state index contributed by atoms with van der Waals surface area (Å²) in [5, 5.41) is 5.57. The van der Waals surface area contributed by atoms with Gasteiger partial charge >= 0.3 is 0 Å². The van der Waals surface area contributed by atoms with Crippen LogP contribution >= 0.6 is 23.2 Å². The number of nitrogen functional groups attached to an aromatic ring is 1. The number of halogens is 2. The fourth-order valence-corrected chi connectivity index (χ4v) is 3.28. The Bertz CT molecular complexity index is 1240. The van der Waals surface area contributed by atoms with Gasteiger partial charge < -0.3 is 11.1 Å². The van der Waals surface area contributed by atoms with Crippen molar-refractivity contribution in [2.24, 2.45) is 0 Å². The number of hydrogen-bond donors (Lipinski definition) is 4. The van der Waals surface area contributed by atoms with Gasteiger partial charge in [0.15, 0.2) is 11.6 Å². The highest BCUT2D eigenvalue weighted by Gasteiger charge is 2.13. The molecule has 150 valence electrons. The molecule has 0 radical (unpaired) electrons. The Morgan fingerprint density at radius 2 is 1.63 bits per heavy atom. The van der Waals surface area contributed by atoms with E-state index in [1.54, 1.807) is 24.3 Å². The van der Waals surface area contributed by atoms with E-state index in [1.165, 1.54) is 6.33 Å². The SMILES string of the molecule is Nc1c(NNC(=O)c2cccc3ccccc23)ncnc1Nc1cccc(Cl)c1Cl. The Balaban J connectivity index is 1.53. The second kappa shape index (κ2) is 8.44. The maximum Gasteiger partial charge on any atom is 0.270 e. The van der Waals surface area contributed by atoms with Crippen LogP contribution in [0.4, 0.5) is 23.0 Å². The Hall–Kier alpha value is -3.55. The number of hydrazine groups is 1. The Labute approximate surface area is 182 Å². The van der Waals surface area contributed by atoms with Gasteiger partial charge in [-0.15, -0.1) is 0 Å². The predicted octanol–water partition coefficient (Wildman–Crippen LogP) is 5.02.